The number of fused-ring (bicyclic) bond motifs is 14. The van der Waals surface area contributed by atoms with Crippen molar-refractivity contribution in [2.24, 2.45) is 28.8 Å². The van der Waals surface area contributed by atoms with Crippen LogP contribution in [0.3, 0.4) is 0 Å². The van der Waals surface area contributed by atoms with Crippen LogP contribution in [0.2, 0.25) is 0 Å². The van der Waals surface area contributed by atoms with E-state index in [9.17, 15) is 58.5 Å². The van der Waals surface area contributed by atoms with Crippen LogP contribution in [-0.2, 0) is 47.6 Å². The molecule has 5 bridgehead atoms. The summed E-state index contributed by atoms with van der Waals surface area (Å²) in [6.07, 6.45) is 5.85. The number of aromatic hydroxyl groups is 1. The van der Waals surface area contributed by atoms with Crippen molar-refractivity contribution in [2.45, 2.75) is 169 Å². The van der Waals surface area contributed by atoms with Gasteiger partial charge in [0.2, 0.25) is 11.6 Å². The summed E-state index contributed by atoms with van der Waals surface area (Å²) in [4.78, 5) is 125. The molecule has 5 heterocycles. The first-order valence-corrected chi connectivity index (χ1v) is 29.2. The molecule has 7 rings (SSSR count). The number of aromatic nitrogens is 2. The number of phenols is 1. The van der Waals surface area contributed by atoms with Crippen molar-refractivity contribution in [3.05, 3.63) is 112 Å². The lowest BCUT2D eigenvalue weighted by molar-refractivity contribution is -0.160. The highest BCUT2D eigenvalue weighted by molar-refractivity contribution is 8.04. The zero-order chi connectivity index (χ0) is 62.6. The van der Waals surface area contributed by atoms with Gasteiger partial charge in [-0.25, -0.2) is 4.79 Å². The molecule has 0 unspecified atom stereocenters. The Kier molecular flexibility index (Phi) is 23.3. The van der Waals surface area contributed by atoms with Gasteiger partial charge in [0.25, 0.3) is 17.2 Å². The quantitative estimate of drug-likeness (QED) is 0.0243. The van der Waals surface area contributed by atoms with Crippen LogP contribution in [0, 0.1) is 37.5 Å². The van der Waals surface area contributed by atoms with Gasteiger partial charge in [-0.2, -0.15) is 0 Å². The summed E-state index contributed by atoms with van der Waals surface area (Å²) < 4.78 is 41.3. The molecule has 0 spiro atoms. The molecule has 1 aliphatic carbocycles. The summed E-state index contributed by atoms with van der Waals surface area (Å²) in [5, 5.41) is 41.0. The minimum Gasteiger partial charge on any atom is -0.507 e. The van der Waals surface area contributed by atoms with E-state index in [1.54, 1.807) is 33.8 Å². The number of ether oxygens (including phenoxy) is 7. The van der Waals surface area contributed by atoms with E-state index in [0.29, 0.717) is 32.1 Å². The van der Waals surface area contributed by atoms with E-state index in [2.05, 4.69) is 20.3 Å². The number of benzene rings is 1. The Morgan fingerprint density at radius 1 is 0.882 bits per heavy atom. The van der Waals surface area contributed by atoms with Crippen LogP contribution in [0.4, 0.5) is 0 Å². The maximum Gasteiger partial charge on any atom is 0.330 e. The Labute approximate surface area is 495 Å². The van der Waals surface area contributed by atoms with Crippen molar-refractivity contribution in [1.82, 2.24) is 14.9 Å². The number of carbonyl (C=O) groups is 7. The first kappa shape index (κ1) is 66.8. The third-order valence-corrected chi connectivity index (χ3v) is 16.9. The van der Waals surface area contributed by atoms with E-state index >= 15 is 0 Å². The molecule has 26 heteroatoms. The highest BCUT2D eigenvalue weighted by atomic mass is 32.2. The number of thioether (sulfide) groups is 1. The fourth-order valence-corrected chi connectivity index (χ4v) is 11.7. The second kappa shape index (κ2) is 29.6. The molecule has 12 atom stereocenters. The number of phenolic OH excluding ortho intramolecular Hbond substituents is 1. The molecular formula is C59H76N6O19S. The smallest absolute Gasteiger partial charge is 0.330 e. The van der Waals surface area contributed by atoms with E-state index in [1.807, 2.05) is 0 Å². The van der Waals surface area contributed by atoms with Crippen molar-refractivity contribution in [2.75, 3.05) is 26.1 Å². The molecular weight excluding hydrogens is 1130 g/mol. The number of aromatic amines is 1. The molecule has 5 N–H and O–H groups in total. The lowest BCUT2D eigenvalue weighted by Crippen LogP contribution is -2.46. The van der Waals surface area contributed by atoms with Crippen LogP contribution in [0.5, 0.6) is 11.5 Å². The summed E-state index contributed by atoms with van der Waals surface area (Å²) >= 11 is 0.991. The average Bonchev–Trinajstić information content (AvgIpc) is 1.72. The number of aliphatic hydroxyl groups excluding tert-OH is 2. The van der Waals surface area contributed by atoms with Gasteiger partial charge >= 0.3 is 29.4 Å². The van der Waals surface area contributed by atoms with Crippen LogP contribution in [0.25, 0.3) is 10.4 Å². The van der Waals surface area contributed by atoms with Gasteiger partial charge < -0.3 is 53.8 Å². The van der Waals surface area contributed by atoms with Crippen molar-refractivity contribution in [3.8, 4) is 11.5 Å². The number of unbranched alkanes of at least 4 members (excludes halogenated alkanes) is 4. The Balaban J connectivity index is 1.08. The van der Waals surface area contributed by atoms with Crippen LogP contribution in [0.15, 0.2) is 67.6 Å². The Morgan fingerprint density at radius 3 is 2.25 bits per heavy atom. The van der Waals surface area contributed by atoms with Crippen LogP contribution in [0.1, 0.15) is 155 Å². The molecule has 1 saturated heterocycles. The van der Waals surface area contributed by atoms with Crippen molar-refractivity contribution >= 4 is 52.9 Å². The molecule has 462 valence electrons. The van der Waals surface area contributed by atoms with Gasteiger partial charge in [-0.1, -0.05) is 70.3 Å². The van der Waals surface area contributed by atoms with E-state index < -0.39 is 147 Å². The predicted octanol–water partition coefficient (Wildman–Crippen LogP) is 6.72. The molecule has 0 radical (unpaired) electrons. The third kappa shape index (κ3) is 15.8. The fraction of sp³-hybridized carbons (Fsp3) is 0.576. The highest BCUT2D eigenvalue weighted by Gasteiger charge is 2.53. The first-order chi connectivity index (χ1) is 40.3. The van der Waals surface area contributed by atoms with Crippen LogP contribution >= 0.6 is 11.8 Å². The molecule has 5 aliphatic rings. The number of hydrogen-bond acceptors (Lipinski definition) is 21. The number of H-pyrrole nitrogens is 1. The Morgan fingerprint density at radius 2 is 1.56 bits per heavy atom. The molecule has 25 nitrogen and oxygen atoms in total. The van der Waals surface area contributed by atoms with Gasteiger partial charge in [-0.15, -0.1) is 11.8 Å². The largest absolute Gasteiger partial charge is 0.507 e. The minimum atomic E-state index is -2.14. The molecule has 1 amide bonds. The number of ketones is 3. The van der Waals surface area contributed by atoms with Gasteiger partial charge in [0.15, 0.2) is 0 Å². The third-order valence-electron chi connectivity index (χ3n) is 15.7. The average molecular weight is 1210 g/mol. The fourth-order valence-electron chi connectivity index (χ4n) is 10.6. The summed E-state index contributed by atoms with van der Waals surface area (Å²) in [6, 6.07) is -0.764. The lowest BCUT2D eigenvalue weighted by atomic mass is 9.78. The van der Waals surface area contributed by atoms with E-state index in [-0.39, 0.29) is 77.6 Å². The maximum atomic E-state index is 14.9. The number of azide groups is 1. The minimum absolute atomic E-state index is 0.0419. The number of rotatable bonds is 19. The van der Waals surface area contributed by atoms with E-state index in [0.717, 1.165) is 18.0 Å². The molecule has 1 fully saturated rings. The lowest BCUT2D eigenvalue weighted by Gasteiger charge is -2.38. The number of amides is 1. The normalized spacial score (nSPS) is 28.5. The molecule has 0 saturated carbocycles. The van der Waals surface area contributed by atoms with Gasteiger partial charge in [-0.05, 0) is 57.4 Å². The van der Waals surface area contributed by atoms with Gasteiger partial charge in [0, 0.05) is 91.7 Å². The molecule has 1 aromatic heterocycles. The van der Waals surface area contributed by atoms with Crippen molar-refractivity contribution in [3.63, 3.8) is 0 Å². The second-order valence-electron chi connectivity index (χ2n) is 22.0. The number of aryl methyl sites for hydroxylation is 1. The van der Waals surface area contributed by atoms with Crippen molar-refractivity contribution < 1.29 is 82.0 Å². The summed E-state index contributed by atoms with van der Waals surface area (Å²) in [5.74, 6) is -10.5. The topological polar surface area (TPSA) is 360 Å². The Bertz CT molecular complexity index is 3200. The monoisotopic (exact) mass is 1200 g/mol. The molecule has 85 heavy (non-hydrogen) atoms. The number of carbonyl (C=O) groups excluding carboxylic acids is 7. The maximum absolute atomic E-state index is 14.9. The summed E-state index contributed by atoms with van der Waals surface area (Å²) in [6.45, 7) is 13.6. The zero-order valence-electron chi connectivity index (χ0n) is 49.4. The molecule has 4 aliphatic heterocycles. The number of hydrogen-bond donors (Lipinski definition) is 5. The summed E-state index contributed by atoms with van der Waals surface area (Å²) in [7, 11) is 1.41. The number of nitrogens with zero attached hydrogens (tertiary/aromatic N) is 4. The number of esters is 3. The van der Waals surface area contributed by atoms with Gasteiger partial charge in [0.05, 0.1) is 58.8 Å². The highest BCUT2D eigenvalue weighted by Crippen LogP contribution is 2.50. The first-order valence-electron chi connectivity index (χ1n) is 28.3. The number of methoxy groups -OCH3 is 1. The molecule has 2 aromatic rings. The number of nitrogens with one attached hydrogen (secondary N) is 2. The zero-order valence-corrected chi connectivity index (χ0v) is 50.2. The van der Waals surface area contributed by atoms with E-state index in [4.69, 9.17) is 38.7 Å². The summed E-state index contributed by atoms with van der Waals surface area (Å²) in [5.41, 5.74) is 6.50. The molecule has 1 aromatic carbocycles. The predicted molar refractivity (Wildman–Crippen MR) is 307 cm³/mol. The standard InChI is InChI=1S/C59H76N6O19S/c1-29-18-16-19-30(2)56(75)61-46-50(72)44-43(45-53(35(7)49(44)71)84-59(9,55(45)74)81-24-22-38(78-10)32(4)52(82-36(8)66)34(6)48(70)33(5)47(29)69)51(73)54(46)85-25-15-13-11-12-14-23-79-41(67)20-17-21-42(68)80-28-39-37(63-64-60)26-40(83-39)65-27-31(3)57(76)62-58(65)77/h16,18-19,22,24,27,29,32-34,37-40,47-48,52,69-71H,11-15,17,20-21,23,25-26,28H2,1-10H3,(H,61,75)(H,62,76,77)/b18-16+,24-22+,30-19-/t29-,32-,33-,34-,37+,38+,39-,40-,47+,48+,52-,59+/m1/s1. The number of aliphatic hydroxyl groups is 2. The number of Topliss-reactive ketones (excluding diaryl/α,β-unsaturated/α-hetero) is 3. The van der Waals surface area contributed by atoms with Crippen LogP contribution < -0.4 is 21.3 Å². The SMILES string of the molecule is CO[C@H]1/C=C/O[C@@]2(C)Oc3c(C)c(O)c4c(c3C2=O)C(=O)C(SCCCCCCCOC(=O)CCCC(=O)OC[C@H]2O[C@@H](n3cc(C)c(=O)[nH]c3=O)C[C@@H]2N=[N+]=[N-])=C(NC(=O)/C(C)=C\C=C\[C@@H](C)[C@H](O)[C@@H](C)[C@H](O)[C@@H](C)[C@H](OC(C)=O)[C@@H]1C)C4=O. The van der Waals surface area contributed by atoms with Gasteiger partial charge in [-0.3, -0.25) is 47.9 Å². The van der Waals surface area contributed by atoms with Crippen LogP contribution in [-0.4, -0.2) is 134 Å². The van der Waals surface area contributed by atoms with Gasteiger partial charge in [0.1, 0.15) is 42.2 Å². The number of allylic oxidation sites excluding steroid dienone is 4. The second-order valence-corrected chi connectivity index (χ2v) is 23.1. The Hall–Kier alpha value is -7.35. The van der Waals surface area contributed by atoms with Crippen molar-refractivity contribution in [1.29, 1.82) is 0 Å². The van der Waals surface area contributed by atoms with E-state index in [1.165, 1.54) is 70.7 Å².